The molecule has 0 saturated carbocycles. The zero-order valence-corrected chi connectivity index (χ0v) is 9.95. The van der Waals surface area contributed by atoms with Crippen LogP contribution in [0, 0.1) is 0 Å². The summed E-state index contributed by atoms with van der Waals surface area (Å²) in [6, 6.07) is -0.0256. The Morgan fingerprint density at radius 3 is 2.27 bits per heavy atom. The minimum absolute atomic E-state index is 0.0256. The van der Waals surface area contributed by atoms with Gasteiger partial charge in [0.2, 0.25) is 0 Å². The monoisotopic (exact) mass is 216 g/mol. The maximum atomic E-state index is 11.6. The lowest BCUT2D eigenvalue weighted by Gasteiger charge is -2.23. The number of carbonyl (C=O) groups excluding carboxylic acids is 2. The summed E-state index contributed by atoms with van der Waals surface area (Å²) < 4.78 is 4.51. The first-order valence-corrected chi connectivity index (χ1v) is 5.06. The highest BCUT2D eigenvalue weighted by atomic mass is 16.5. The molecule has 0 bridgehead atoms. The molecule has 0 aliphatic carbocycles. The van der Waals surface area contributed by atoms with Gasteiger partial charge < -0.3 is 14.5 Å². The molecule has 0 heterocycles. The van der Waals surface area contributed by atoms with Crippen molar-refractivity contribution >= 4 is 12.0 Å². The van der Waals surface area contributed by atoms with Gasteiger partial charge in [0.05, 0.1) is 7.11 Å². The summed E-state index contributed by atoms with van der Waals surface area (Å²) in [6.45, 7) is 3.17. The van der Waals surface area contributed by atoms with Gasteiger partial charge in [-0.2, -0.15) is 0 Å². The van der Waals surface area contributed by atoms with E-state index in [0.29, 0.717) is 25.9 Å². The first-order valence-electron chi connectivity index (χ1n) is 5.06. The molecule has 15 heavy (non-hydrogen) atoms. The molecule has 0 atom stereocenters. The number of urea groups is 1. The third-order valence-corrected chi connectivity index (χ3v) is 2.23. The minimum atomic E-state index is -0.236. The van der Waals surface area contributed by atoms with Crippen LogP contribution in [-0.2, 0) is 9.53 Å². The van der Waals surface area contributed by atoms with E-state index in [1.165, 1.54) is 7.11 Å². The Bertz CT molecular complexity index is 219. The van der Waals surface area contributed by atoms with E-state index in [9.17, 15) is 9.59 Å². The van der Waals surface area contributed by atoms with Crippen LogP contribution in [0.4, 0.5) is 4.79 Å². The van der Waals surface area contributed by atoms with Gasteiger partial charge >= 0.3 is 12.0 Å². The number of rotatable bonds is 5. The molecule has 0 spiro atoms. The Morgan fingerprint density at radius 2 is 1.80 bits per heavy atom. The van der Waals surface area contributed by atoms with Crippen molar-refractivity contribution in [2.24, 2.45) is 0 Å². The maximum absolute atomic E-state index is 11.6. The average molecular weight is 216 g/mol. The summed E-state index contributed by atoms with van der Waals surface area (Å²) in [5, 5.41) is 0. The molecule has 5 nitrogen and oxygen atoms in total. The van der Waals surface area contributed by atoms with E-state index in [2.05, 4.69) is 4.74 Å². The van der Waals surface area contributed by atoms with Gasteiger partial charge in [0, 0.05) is 33.6 Å². The van der Waals surface area contributed by atoms with Crippen molar-refractivity contribution < 1.29 is 14.3 Å². The maximum Gasteiger partial charge on any atom is 0.319 e. The zero-order valence-electron chi connectivity index (χ0n) is 9.95. The molecule has 88 valence electrons. The van der Waals surface area contributed by atoms with Crippen LogP contribution in [0.2, 0.25) is 0 Å². The third-order valence-electron chi connectivity index (χ3n) is 2.23. The van der Waals surface area contributed by atoms with Gasteiger partial charge in [0.15, 0.2) is 0 Å². The molecule has 0 N–H and O–H groups in total. The summed E-state index contributed by atoms with van der Waals surface area (Å²) >= 11 is 0. The van der Waals surface area contributed by atoms with Gasteiger partial charge in [-0.05, 0) is 13.3 Å². The van der Waals surface area contributed by atoms with E-state index >= 15 is 0 Å². The number of amides is 2. The van der Waals surface area contributed by atoms with Crippen molar-refractivity contribution in [3.63, 3.8) is 0 Å². The quantitative estimate of drug-likeness (QED) is 0.643. The van der Waals surface area contributed by atoms with Crippen molar-refractivity contribution in [2.75, 3.05) is 34.3 Å². The summed E-state index contributed by atoms with van der Waals surface area (Å²) in [4.78, 5) is 25.6. The lowest BCUT2D eigenvalue weighted by Crippen LogP contribution is -2.39. The highest BCUT2D eigenvalue weighted by Gasteiger charge is 2.12. The summed E-state index contributed by atoms with van der Waals surface area (Å²) in [5.41, 5.74) is 0. The minimum Gasteiger partial charge on any atom is -0.469 e. The largest absolute Gasteiger partial charge is 0.469 e. The number of hydrogen-bond acceptors (Lipinski definition) is 3. The fourth-order valence-corrected chi connectivity index (χ4v) is 1.08. The molecule has 0 saturated heterocycles. The molecule has 5 heteroatoms. The van der Waals surface area contributed by atoms with Crippen molar-refractivity contribution in [3.05, 3.63) is 0 Å². The average Bonchev–Trinajstić information content (AvgIpc) is 2.26. The standard InChI is InChI=1S/C10H20N2O3/c1-5-11(2)10(14)12(3)8-6-7-9(13)15-4/h5-8H2,1-4H3. The van der Waals surface area contributed by atoms with E-state index in [4.69, 9.17) is 0 Å². The SMILES string of the molecule is CCN(C)C(=O)N(C)CCCC(=O)OC. The Hall–Kier alpha value is -1.26. The number of nitrogens with zero attached hydrogens (tertiary/aromatic N) is 2. The smallest absolute Gasteiger partial charge is 0.319 e. The van der Waals surface area contributed by atoms with Crippen LogP contribution in [0.15, 0.2) is 0 Å². The molecular weight excluding hydrogens is 196 g/mol. The molecule has 0 rings (SSSR count). The molecule has 0 fully saturated rings. The summed E-state index contributed by atoms with van der Waals surface area (Å²) in [7, 11) is 4.84. The van der Waals surface area contributed by atoms with Crippen LogP contribution in [0.3, 0.4) is 0 Å². The van der Waals surface area contributed by atoms with Gasteiger partial charge in [-0.3, -0.25) is 4.79 Å². The van der Waals surface area contributed by atoms with E-state index in [1.807, 2.05) is 6.92 Å². The number of carbonyl (C=O) groups is 2. The summed E-state index contributed by atoms with van der Waals surface area (Å²) in [5.74, 6) is -0.236. The molecule has 0 aromatic heterocycles. The number of ether oxygens (including phenoxy) is 1. The Morgan fingerprint density at radius 1 is 1.20 bits per heavy atom. The Labute approximate surface area is 91.0 Å². The predicted octanol–water partition coefficient (Wildman–Crippen LogP) is 0.943. The molecule has 0 unspecified atom stereocenters. The van der Waals surface area contributed by atoms with Crippen LogP contribution < -0.4 is 0 Å². The molecule has 0 aromatic rings. The molecule has 0 aliphatic heterocycles. The van der Waals surface area contributed by atoms with Crippen LogP contribution >= 0.6 is 0 Å². The zero-order chi connectivity index (χ0) is 11.8. The van der Waals surface area contributed by atoms with Crippen LogP contribution in [0.5, 0.6) is 0 Å². The summed E-state index contributed by atoms with van der Waals surface area (Å²) in [6.07, 6.45) is 0.983. The normalized spacial score (nSPS) is 9.60. The number of methoxy groups -OCH3 is 1. The van der Waals surface area contributed by atoms with Crippen molar-refractivity contribution in [3.8, 4) is 0 Å². The predicted molar refractivity (Wildman–Crippen MR) is 57.6 cm³/mol. The molecule has 0 aromatic carbocycles. The van der Waals surface area contributed by atoms with Crippen molar-refractivity contribution in [1.29, 1.82) is 0 Å². The first-order chi connectivity index (χ1) is 7.02. The lowest BCUT2D eigenvalue weighted by atomic mass is 10.3. The van der Waals surface area contributed by atoms with Crippen LogP contribution in [-0.4, -0.2) is 56.1 Å². The topological polar surface area (TPSA) is 49.9 Å². The second-order valence-electron chi connectivity index (χ2n) is 3.40. The second-order valence-corrected chi connectivity index (χ2v) is 3.40. The van der Waals surface area contributed by atoms with E-state index in [-0.39, 0.29) is 12.0 Å². The fourth-order valence-electron chi connectivity index (χ4n) is 1.08. The van der Waals surface area contributed by atoms with Gasteiger partial charge in [-0.15, -0.1) is 0 Å². The molecule has 0 radical (unpaired) electrons. The van der Waals surface area contributed by atoms with Gasteiger partial charge in [0.25, 0.3) is 0 Å². The van der Waals surface area contributed by atoms with Gasteiger partial charge in [-0.25, -0.2) is 4.79 Å². The van der Waals surface area contributed by atoms with E-state index in [1.54, 1.807) is 23.9 Å². The fraction of sp³-hybridized carbons (Fsp3) is 0.800. The van der Waals surface area contributed by atoms with Crippen molar-refractivity contribution in [2.45, 2.75) is 19.8 Å². The molecule has 2 amide bonds. The van der Waals surface area contributed by atoms with E-state index < -0.39 is 0 Å². The second kappa shape index (κ2) is 7.09. The highest BCUT2D eigenvalue weighted by molar-refractivity contribution is 5.74. The highest BCUT2D eigenvalue weighted by Crippen LogP contribution is 1.98. The third kappa shape index (κ3) is 5.24. The van der Waals surface area contributed by atoms with Gasteiger partial charge in [-0.1, -0.05) is 0 Å². The molecular formula is C10H20N2O3. The van der Waals surface area contributed by atoms with E-state index in [0.717, 1.165) is 0 Å². The van der Waals surface area contributed by atoms with Crippen molar-refractivity contribution in [1.82, 2.24) is 9.80 Å². The van der Waals surface area contributed by atoms with Crippen LogP contribution in [0.1, 0.15) is 19.8 Å². The number of esters is 1. The Balaban J connectivity index is 3.78. The molecule has 0 aliphatic rings. The van der Waals surface area contributed by atoms with Crippen LogP contribution in [0.25, 0.3) is 0 Å². The first kappa shape index (κ1) is 13.7. The van der Waals surface area contributed by atoms with Gasteiger partial charge in [0.1, 0.15) is 0 Å². The lowest BCUT2D eigenvalue weighted by molar-refractivity contribution is -0.140. The Kier molecular flexibility index (Phi) is 6.49. The number of hydrogen-bond donors (Lipinski definition) is 0.